The van der Waals surface area contributed by atoms with Gasteiger partial charge in [0.2, 0.25) is 5.91 Å². The summed E-state index contributed by atoms with van der Waals surface area (Å²) in [5.74, 6) is -0.0865. The highest BCUT2D eigenvalue weighted by Crippen LogP contribution is 2.12. The molecule has 0 saturated heterocycles. The van der Waals surface area contributed by atoms with Gasteiger partial charge in [0.1, 0.15) is 0 Å². The third-order valence-electron chi connectivity index (χ3n) is 7.99. The first-order valence-electron chi connectivity index (χ1n) is 18.4. The Labute approximate surface area is 267 Å². The van der Waals surface area contributed by atoms with Crippen LogP contribution in [-0.2, 0) is 4.79 Å². The fourth-order valence-electron chi connectivity index (χ4n) is 5.15. The van der Waals surface area contributed by atoms with Crippen LogP contribution in [-0.4, -0.2) is 34.9 Å². The number of carbonyl (C=O) groups is 1. The molecule has 0 aliphatic rings. The molecule has 0 aromatic carbocycles. The fourth-order valence-corrected chi connectivity index (χ4v) is 5.15. The van der Waals surface area contributed by atoms with E-state index in [0.29, 0.717) is 6.42 Å². The molecule has 0 rings (SSSR count). The first-order valence-corrected chi connectivity index (χ1v) is 18.4. The van der Waals surface area contributed by atoms with Crippen LogP contribution < -0.4 is 5.32 Å². The van der Waals surface area contributed by atoms with Crippen molar-refractivity contribution in [1.82, 2.24) is 5.32 Å². The van der Waals surface area contributed by atoms with E-state index in [0.717, 1.165) is 44.9 Å². The number of nitrogens with one attached hydrogen (secondary N) is 1. The molecular weight excluding hydrogens is 530 g/mol. The maximum Gasteiger partial charge on any atom is 0.220 e. The number of carbonyl (C=O) groups excluding carboxylic acids is 1. The van der Waals surface area contributed by atoms with Crippen molar-refractivity contribution >= 4 is 5.91 Å². The first-order chi connectivity index (χ1) is 21.2. The van der Waals surface area contributed by atoms with Crippen molar-refractivity contribution in [3.05, 3.63) is 48.6 Å². The van der Waals surface area contributed by atoms with Crippen LogP contribution in [0.25, 0.3) is 0 Å². The van der Waals surface area contributed by atoms with Crippen molar-refractivity contribution in [2.75, 3.05) is 6.61 Å². The molecular formula is C39H71NO3. The molecule has 250 valence electrons. The second-order valence-electron chi connectivity index (χ2n) is 12.3. The van der Waals surface area contributed by atoms with Crippen molar-refractivity contribution in [1.29, 1.82) is 0 Å². The average molecular weight is 602 g/mol. The van der Waals surface area contributed by atoms with E-state index < -0.39 is 12.1 Å². The number of aliphatic hydroxyl groups excluding tert-OH is 2. The van der Waals surface area contributed by atoms with Crippen molar-refractivity contribution < 1.29 is 15.0 Å². The Balaban J connectivity index is 3.64. The largest absolute Gasteiger partial charge is 0.394 e. The van der Waals surface area contributed by atoms with E-state index in [9.17, 15) is 15.0 Å². The van der Waals surface area contributed by atoms with Crippen molar-refractivity contribution in [2.24, 2.45) is 0 Å². The normalized spacial score (nSPS) is 13.7. The zero-order valence-electron chi connectivity index (χ0n) is 28.5. The molecule has 0 aromatic rings. The molecule has 2 atom stereocenters. The lowest BCUT2D eigenvalue weighted by atomic mass is 10.1. The molecule has 4 heteroatoms. The van der Waals surface area contributed by atoms with Crippen molar-refractivity contribution in [3.8, 4) is 0 Å². The Hall–Kier alpha value is -1.65. The molecule has 2 unspecified atom stereocenters. The average Bonchev–Trinajstić information content (AvgIpc) is 3.01. The second kappa shape index (κ2) is 34.8. The molecule has 0 fully saturated rings. The standard InChI is InChI=1S/C39H71NO3/c1-3-5-7-9-11-13-15-16-17-18-19-20-21-22-23-25-27-29-31-33-35-39(43)40-37(36-41)38(42)34-32-30-28-26-24-14-12-10-8-6-4-2/h8,10,19-20,24,26,32,34,37-38,41-42H,3-7,9,11-18,21-23,25,27-31,33,35-36H2,1-2H3,(H,40,43)/b10-8+,20-19-,26-24+,34-32+. The molecule has 1 amide bonds. The minimum atomic E-state index is -0.869. The number of allylic oxidation sites excluding steroid dienone is 7. The summed E-state index contributed by atoms with van der Waals surface area (Å²) in [7, 11) is 0. The zero-order valence-corrected chi connectivity index (χ0v) is 28.5. The number of hydrogen-bond acceptors (Lipinski definition) is 3. The quantitative estimate of drug-likeness (QED) is 0.0530. The van der Waals surface area contributed by atoms with Gasteiger partial charge in [-0.1, -0.05) is 152 Å². The highest BCUT2D eigenvalue weighted by molar-refractivity contribution is 5.76. The predicted molar refractivity (Wildman–Crippen MR) is 188 cm³/mol. The van der Waals surface area contributed by atoms with Gasteiger partial charge in [-0.15, -0.1) is 0 Å². The van der Waals surface area contributed by atoms with Gasteiger partial charge in [0.25, 0.3) is 0 Å². The van der Waals surface area contributed by atoms with Gasteiger partial charge >= 0.3 is 0 Å². The molecule has 0 aliphatic heterocycles. The smallest absolute Gasteiger partial charge is 0.220 e. The van der Waals surface area contributed by atoms with E-state index in [-0.39, 0.29) is 12.5 Å². The Morgan fingerprint density at radius 3 is 1.44 bits per heavy atom. The lowest BCUT2D eigenvalue weighted by Crippen LogP contribution is -2.45. The first kappa shape index (κ1) is 41.4. The Bertz CT molecular complexity index is 697. The van der Waals surface area contributed by atoms with Crippen LogP contribution in [0.5, 0.6) is 0 Å². The van der Waals surface area contributed by atoms with Gasteiger partial charge in [-0.2, -0.15) is 0 Å². The van der Waals surface area contributed by atoms with Gasteiger partial charge in [0, 0.05) is 6.42 Å². The van der Waals surface area contributed by atoms with Gasteiger partial charge in [0.15, 0.2) is 0 Å². The van der Waals surface area contributed by atoms with Gasteiger partial charge in [0.05, 0.1) is 18.8 Å². The number of rotatable bonds is 32. The van der Waals surface area contributed by atoms with Crippen molar-refractivity contribution in [3.63, 3.8) is 0 Å². The second-order valence-corrected chi connectivity index (χ2v) is 12.3. The minimum Gasteiger partial charge on any atom is -0.394 e. The Morgan fingerprint density at radius 1 is 0.535 bits per heavy atom. The maximum absolute atomic E-state index is 12.3. The van der Waals surface area contributed by atoms with E-state index in [1.165, 1.54) is 109 Å². The Morgan fingerprint density at radius 2 is 0.953 bits per heavy atom. The van der Waals surface area contributed by atoms with Crippen LogP contribution in [0.15, 0.2) is 48.6 Å². The SMILES string of the molecule is CCC/C=C/CC/C=C/CC/C=C/C(O)C(CO)NC(=O)CCCCCCCCC/C=C\CCCCCCCCCCC. The predicted octanol–water partition coefficient (Wildman–Crippen LogP) is 10.8. The van der Waals surface area contributed by atoms with Crippen LogP contribution in [0, 0.1) is 0 Å². The molecule has 0 bridgehead atoms. The third kappa shape index (κ3) is 31.6. The molecule has 43 heavy (non-hydrogen) atoms. The summed E-state index contributed by atoms with van der Waals surface area (Å²) >= 11 is 0. The molecule has 0 spiro atoms. The van der Waals surface area contributed by atoms with E-state index >= 15 is 0 Å². The lowest BCUT2D eigenvalue weighted by Gasteiger charge is -2.19. The topological polar surface area (TPSA) is 69.6 Å². The third-order valence-corrected chi connectivity index (χ3v) is 7.99. The lowest BCUT2D eigenvalue weighted by molar-refractivity contribution is -0.123. The highest BCUT2D eigenvalue weighted by Gasteiger charge is 2.17. The summed E-state index contributed by atoms with van der Waals surface area (Å²) < 4.78 is 0. The Kier molecular flexibility index (Phi) is 33.5. The molecule has 3 N–H and O–H groups in total. The summed E-state index contributed by atoms with van der Waals surface area (Å²) in [6.07, 6.45) is 46.3. The fraction of sp³-hybridized carbons (Fsp3) is 0.769. The van der Waals surface area contributed by atoms with Gasteiger partial charge in [-0.3, -0.25) is 4.79 Å². The molecule has 0 radical (unpaired) electrons. The zero-order chi connectivity index (χ0) is 31.5. The summed E-state index contributed by atoms with van der Waals surface area (Å²) in [6.45, 7) is 4.20. The van der Waals surface area contributed by atoms with E-state index in [1.807, 2.05) is 6.08 Å². The van der Waals surface area contributed by atoms with Gasteiger partial charge in [-0.25, -0.2) is 0 Å². The molecule has 4 nitrogen and oxygen atoms in total. The van der Waals surface area contributed by atoms with Gasteiger partial charge in [-0.05, 0) is 64.2 Å². The number of amides is 1. The van der Waals surface area contributed by atoms with Crippen LogP contribution in [0.2, 0.25) is 0 Å². The number of aliphatic hydroxyl groups is 2. The van der Waals surface area contributed by atoms with Crippen molar-refractivity contribution in [2.45, 2.75) is 187 Å². The summed E-state index contributed by atoms with van der Waals surface area (Å²) in [5, 5.41) is 22.8. The molecule has 0 heterocycles. The monoisotopic (exact) mass is 602 g/mol. The van der Waals surface area contributed by atoms with Crippen LogP contribution in [0.3, 0.4) is 0 Å². The summed E-state index contributed by atoms with van der Waals surface area (Å²) in [4.78, 5) is 12.3. The van der Waals surface area contributed by atoms with E-state index in [2.05, 4.69) is 55.6 Å². The maximum atomic E-state index is 12.3. The molecule has 0 saturated carbocycles. The summed E-state index contributed by atoms with van der Waals surface area (Å²) in [5.41, 5.74) is 0. The van der Waals surface area contributed by atoms with E-state index in [4.69, 9.17) is 0 Å². The summed E-state index contributed by atoms with van der Waals surface area (Å²) in [6, 6.07) is -0.645. The number of unbranched alkanes of at least 4 members (excludes halogenated alkanes) is 19. The van der Waals surface area contributed by atoms with E-state index in [1.54, 1.807) is 6.08 Å². The minimum absolute atomic E-state index is 0.0865. The molecule has 0 aliphatic carbocycles. The van der Waals surface area contributed by atoms with Crippen LogP contribution in [0.1, 0.15) is 174 Å². The molecule has 0 aromatic heterocycles. The van der Waals surface area contributed by atoms with Gasteiger partial charge < -0.3 is 15.5 Å². The number of hydrogen-bond donors (Lipinski definition) is 3. The van der Waals surface area contributed by atoms with Crippen LogP contribution in [0.4, 0.5) is 0 Å². The van der Waals surface area contributed by atoms with Crippen LogP contribution >= 0.6 is 0 Å². The highest BCUT2D eigenvalue weighted by atomic mass is 16.3.